The summed E-state index contributed by atoms with van der Waals surface area (Å²) < 4.78 is 5.66. The fraction of sp³-hybridized carbons (Fsp3) is 0.433. The molecule has 0 aromatic heterocycles. The summed E-state index contributed by atoms with van der Waals surface area (Å²) in [5.41, 5.74) is 4.67. The molecule has 2 aliphatic rings. The Labute approximate surface area is 224 Å². The number of anilines is 1. The van der Waals surface area contributed by atoms with E-state index in [1.165, 1.54) is 5.56 Å². The summed E-state index contributed by atoms with van der Waals surface area (Å²) >= 11 is 1.72. The third kappa shape index (κ3) is 6.27. The molecule has 1 fully saturated rings. The van der Waals surface area contributed by atoms with Crippen molar-refractivity contribution in [1.29, 1.82) is 0 Å². The second-order valence-electron chi connectivity index (χ2n) is 11.1. The Morgan fingerprint density at radius 2 is 1.89 bits per heavy atom. The van der Waals surface area contributed by atoms with Crippen molar-refractivity contribution in [2.75, 3.05) is 24.2 Å². The molecule has 0 radical (unpaired) electrons. The molecule has 196 valence electrons. The Morgan fingerprint density at radius 3 is 2.57 bits per heavy atom. The van der Waals surface area contributed by atoms with Crippen LogP contribution in [0.3, 0.4) is 0 Å². The number of fused-ring (bicyclic) bond motifs is 1. The number of amides is 1. The molecular weight excluding hydrogens is 482 g/mol. The molecular formula is C30H37N3O3S. The van der Waals surface area contributed by atoms with Crippen molar-refractivity contribution in [3.8, 4) is 0 Å². The molecule has 0 bridgehead atoms. The molecule has 1 amide bonds. The first-order valence-electron chi connectivity index (χ1n) is 12.9. The Balaban J connectivity index is 1.62. The molecule has 0 spiro atoms. The second-order valence-corrected chi connectivity index (χ2v) is 12.2. The van der Waals surface area contributed by atoms with Crippen LogP contribution in [-0.2, 0) is 14.9 Å². The number of carbonyl (C=O) groups is 2. The van der Waals surface area contributed by atoms with Gasteiger partial charge in [-0.05, 0) is 60.1 Å². The lowest BCUT2D eigenvalue weighted by Gasteiger charge is -2.40. The van der Waals surface area contributed by atoms with E-state index in [-0.39, 0.29) is 29.3 Å². The van der Waals surface area contributed by atoms with Gasteiger partial charge in [-0.25, -0.2) is 9.79 Å². The van der Waals surface area contributed by atoms with Crippen molar-refractivity contribution in [2.24, 2.45) is 10.9 Å². The van der Waals surface area contributed by atoms with Gasteiger partial charge in [-0.2, -0.15) is 0 Å². The van der Waals surface area contributed by atoms with Gasteiger partial charge in [0.15, 0.2) is 5.17 Å². The molecule has 1 atom stereocenters. The van der Waals surface area contributed by atoms with Crippen LogP contribution in [0.4, 0.5) is 5.69 Å². The smallest absolute Gasteiger partial charge is 0.338 e. The number of ether oxygens (including phenoxy) is 1. The Hall–Kier alpha value is -3.06. The van der Waals surface area contributed by atoms with Crippen LogP contribution in [0.1, 0.15) is 75.5 Å². The molecule has 4 rings (SSSR count). The predicted octanol–water partition coefficient (Wildman–Crippen LogP) is 6.56. The number of allylic oxidation sites excluding steroid dienone is 1. The van der Waals surface area contributed by atoms with E-state index in [1.807, 2.05) is 69.3 Å². The topological polar surface area (TPSA) is 71.0 Å². The number of amidine groups is 1. The number of aliphatic imine (C=N–C) groups is 1. The summed E-state index contributed by atoms with van der Waals surface area (Å²) in [5.74, 6) is 0.753. The van der Waals surface area contributed by atoms with Crippen molar-refractivity contribution in [3.05, 3.63) is 76.5 Å². The molecule has 1 N–H and O–H groups in total. The van der Waals surface area contributed by atoms with E-state index in [2.05, 4.69) is 31.0 Å². The average molecular weight is 520 g/mol. The Morgan fingerprint density at radius 1 is 1.16 bits per heavy atom. The number of rotatable bonds is 6. The van der Waals surface area contributed by atoms with Crippen LogP contribution in [-0.4, -0.2) is 40.8 Å². The number of thioether (sulfide) groups is 1. The van der Waals surface area contributed by atoms with E-state index in [0.29, 0.717) is 29.1 Å². The van der Waals surface area contributed by atoms with E-state index in [0.717, 1.165) is 29.4 Å². The van der Waals surface area contributed by atoms with Gasteiger partial charge in [0.2, 0.25) is 0 Å². The zero-order valence-corrected chi connectivity index (χ0v) is 23.4. The molecule has 2 aromatic carbocycles. The normalized spacial score (nSPS) is 17.9. The van der Waals surface area contributed by atoms with E-state index in [9.17, 15) is 9.59 Å². The lowest BCUT2D eigenvalue weighted by atomic mass is 9.86. The van der Waals surface area contributed by atoms with E-state index >= 15 is 0 Å². The van der Waals surface area contributed by atoms with Gasteiger partial charge in [-0.1, -0.05) is 70.6 Å². The molecule has 2 heterocycles. The number of hydrogen-bond acceptors (Lipinski definition) is 6. The number of carbonyl (C=O) groups excluding carboxylic acids is 2. The summed E-state index contributed by atoms with van der Waals surface area (Å²) in [7, 11) is 0. The molecule has 7 heteroatoms. The maximum Gasteiger partial charge on any atom is 0.338 e. The summed E-state index contributed by atoms with van der Waals surface area (Å²) in [6, 6.07) is 15.2. The fourth-order valence-electron chi connectivity index (χ4n) is 4.51. The molecule has 0 saturated carbocycles. The highest BCUT2D eigenvalue weighted by molar-refractivity contribution is 8.13. The van der Waals surface area contributed by atoms with Crippen molar-refractivity contribution >= 4 is 34.5 Å². The minimum absolute atomic E-state index is 0.0257. The van der Waals surface area contributed by atoms with Gasteiger partial charge in [0, 0.05) is 23.5 Å². The number of nitrogens with zero attached hydrogens (tertiary/aromatic N) is 2. The average Bonchev–Trinajstić information content (AvgIpc) is 2.86. The maximum atomic E-state index is 13.3. The van der Waals surface area contributed by atoms with Crippen molar-refractivity contribution in [1.82, 2.24) is 4.90 Å². The van der Waals surface area contributed by atoms with Crippen molar-refractivity contribution in [3.63, 3.8) is 0 Å². The highest BCUT2D eigenvalue weighted by atomic mass is 32.2. The van der Waals surface area contributed by atoms with E-state index < -0.39 is 0 Å². The molecule has 1 saturated heterocycles. The maximum absolute atomic E-state index is 13.3. The van der Waals surface area contributed by atoms with Crippen LogP contribution < -0.4 is 5.32 Å². The van der Waals surface area contributed by atoms with Crippen molar-refractivity contribution < 1.29 is 14.3 Å². The Bertz CT molecular complexity index is 1230. The lowest BCUT2D eigenvalue weighted by Crippen LogP contribution is -2.42. The molecule has 37 heavy (non-hydrogen) atoms. The zero-order valence-electron chi connectivity index (χ0n) is 22.6. The molecule has 6 nitrogen and oxygen atoms in total. The number of nitrogens with one attached hydrogen (secondary N) is 1. The Kier molecular flexibility index (Phi) is 8.12. The third-order valence-corrected chi connectivity index (χ3v) is 7.58. The van der Waals surface area contributed by atoms with Gasteiger partial charge >= 0.3 is 5.97 Å². The number of hydrogen-bond donors (Lipinski definition) is 1. The first-order chi connectivity index (χ1) is 17.5. The van der Waals surface area contributed by atoms with Crippen LogP contribution in [0.2, 0.25) is 0 Å². The van der Waals surface area contributed by atoms with Crippen LogP contribution in [0.15, 0.2) is 64.8 Å². The van der Waals surface area contributed by atoms with Gasteiger partial charge in [0.25, 0.3) is 5.91 Å². The first-order valence-corrected chi connectivity index (χ1v) is 13.9. The van der Waals surface area contributed by atoms with Crippen LogP contribution in [0, 0.1) is 5.92 Å². The third-order valence-electron chi connectivity index (χ3n) is 6.50. The first kappa shape index (κ1) is 27.0. The van der Waals surface area contributed by atoms with Crippen LogP contribution in [0.25, 0.3) is 0 Å². The van der Waals surface area contributed by atoms with E-state index in [4.69, 9.17) is 9.73 Å². The zero-order chi connectivity index (χ0) is 26.7. The molecule has 2 aromatic rings. The van der Waals surface area contributed by atoms with Crippen LogP contribution in [0.5, 0.6) is 0 Å². The molecule has 0 aliphatic carbocycles. The monoisotopic (exact) mass is 519 g/mol. The predicted molar refractivity (Wildman–Crippen MR) is 152 cm³/mol. The standard InChI is InChI=1S/C30H37N3O3S/c1-19(2)18-36-28(35)25-20(3)31-29-33(15-8-16-37-29)26(25)22-9-7-10-24(17-22)32-27(34)21-11-13-23(14-12-21)30(4,5)6/h7,9-14,17,19,26H,8,15-16,18H2,1-6H3,(H,32,34). The quantitative estimate of drug-likeness (QED) is 0.438. The highest BCUT2D eigenvalue weighted by Crippen LogP contribution is 2.40. The summed E-state index contributed by atoms with van der Waals surface area (Å²) in [6.07, 6.45) is 1.01. The largest absolute Gasteiger partial charge is 0.462 e. The minimum atomic E-state index is -0.331. The fourth-order valence-corrected chi connectivity index (χ4v) is 5.53. The summed E-state index contributed by atoms with van der Waals surface area (Å²) in [4.78, 5) is 33.3. The van der Waals surface area contributed by atoms with Gasteiger partial charge in [0.05, 0.1) is 23.9 Å². The van der Waals surface area contributed by atoms with Gasteiger partial charge < -0.3 is 15.0 Å². The number of esters is 1. The highest BCUT2D eigenvalue weighted by Gasteiger charge is 2.38. The van der Waals surface area contributed by atoms with Crippen molar-refractivity contribution in [2.45, 2.75) is 59.4 Å². The molecule has 1 unspecified atom stereocenters. The minimum Gasteiger partial charge on any atom is -0.462 e. The van der Waals surface area contributed by atoms with Gasteiger partial charge in [-0.3, -0.25) is 4.79 Å². The SMILES string of the molecule is CC1=C(C(=O)OCC(C)C)C(c2cccc(NC(=O)c3ccc(C(C)(C)C)cc3)c2)N2CCCSC2=N1. The summed E-state index contributed by atoms with van der Waals surface area (Å²) in [6.45, 7) is 13.5. The second kappa shape index (κ2) is 11.1. The van der Waals surface area contributed by atoms with Crippen LogP contribution >= 0.6 is 11.8 Å². The lowest BCUT2D eigenvalue weighted by molar-refractivity contribution is -0.140. The summed E-state index contributed by atoms with van der Waals surface area (Å²) in [5, 5.41) is 3.97. The van der Waals surface area contributed by atoms with Gasteiger partial charge in [0.1, 0.15) is 0 Å². The van der Waals surface area contributed by atoms with Gasteiger partial charge in [-0.15, -0.1) is 0 Å². The molecule has 2 aliphatic heterocycles. The number of benzene rings is 2. The van der Waals surface area contributed by atoms with E-state index in [1.54, 1.807) is 11.8 Å².